The minimum atomic E-state index is -0.965. The first-order chi connectivity index (χ1) is 8.63. The maximum Gasteiger partial charge on any atom is 0.335 e. The first-order valence-corrected chi connectivity index (χ1v) is 5.90. The fourth-order valence-corrected chi connectivity index (χ4v) is 1.98. The van der Waals surface area contributed by atoms with Crippen molar-refractivity contribution in [3.63, 3.8) is 0 Å². The van der Waals surface area contributed by atoms with Crippen molar-refractivity contribution in [3.05, 3.63) is 23.8 Å². The van der Waals surface area contributed by atoms with Crippen LogP contribution in [0, 0.1) is 11.3 Å². The van der Waals surface area contributed by atoms with E-state index in [9.17, 15) is 4.79 Å². The lowest BCUT2D eigenvalue weighted by atomic mass is 10.1. The van der Waals surface area contributed by atoms with Crippen molar-refractivity contribution in [2.75, 3.05) is 17.2 Å². The number of carbonyl (C=O) groups is 1. The van der Waals surface area contributed by atoms with E-state index in [1.54, 1.807) is 12.1 Å². The predicted molar refractivity (Wildman–Crippen MR) is 68.4 cm³/mol. The Hall–Kier alpha value is -2.22. The molecule has 0 bridgehead atoms. The lowest BCUT2D eigenvalue weighted by Gasteiger charge is -2.25. The van der Waals surface area contributed by atoms with Crippen LogP contribution in [0.25, 0.3) is 0 Å². The molecule has 1 fully saturated rings. The van der Waals surface area contributed by atoms with Crippen LogP contribution in [0.2, 0.25) is 0 Å². The zero-order valence-electron chi connectivity index (χ0n) is 9.97. The number of carboxylic acids is 1. The van der Waals surface area contributed by atoms with Gasteiger partial charge in [-0.3, -0.25) is 0 Å². The van der Waals surface area contributed by atoms with Crippen molar-refractivity contribution in [1.82, 2.24) is 0 Å². The maximum absolute atomic E-state index is 11.0. The highest BCUT2D eigenvalue weighted by molar-refractivity contribution is 5.90. The van der Waals surface area contributed by atoms with Gasteiger partial charge in [-0.15, -0.1) is 0 Å². The summed E-state index contributed by atoms with van der Waals surface area (Å²) in [6.07, 6.45) is 2.55. The summed E-state index contributed by atoms with van der Waals surface area (Å²) in [5.41, 5.74) is 7.42. The summed E-state index contributed by atoms with van der Waals surface area (Å²) in [5.74, 6) is -0.965. The monoisotopic (exact) mass is 245 g/mol. The van der Waals surface area contributed by atoms with Crippen LogP contribution in [0.3, 0.4) is 0 Å². The number of aromatic carboxylic acids is 1. The van der Waals surface area contributed by atoms with Crippen LogP contribution in [0.15, 0.2) is 18.2 Å². The normalized spacial score (nSPS) is 13.9. The Balaban J connectivity index is 2.30. The average Bonchev–Trinajstić information content (AvgIpc) is 3.15. The van der Waals surface area contributed by atoms with Gasteiger partial charge in [0.1, 0.15) is 0 Å². The van der Waals surface area contributed by atoms with Gasteiger partial charge in [0.25, 0.3) is 0 Å². The first kappa shape index (κ1) is 12.2. The van der Waals surface area contributed by atoms with E-state index >= 15 is 0 Å². The second-order valence-electron chi connectivity index (χ2n) is 4.41. The number of carboxylic acid groups (broad SMARTS) is 1. The van der Waals surface area contributed by atoms with Crippen LogP contribution >= 0.6 is 0 Å². The molecule has 1 saturated carbocycles. The third kappa shape index (κ3) is 2.54. The van der Waals surface area contributed by atoms with Crippen LogP contribution in [-0.2, 0) is 0 Å². The topological polar surface area (TPSA) is 90.3 Å². The number of anilines is 2. The van der Waals surface area contributed by atoms with Crippen molar-refractivity contribution in [2.24, 2.45) is 0 Å². The molecule has 94 valence electrons. The molecule has 0 saturated heterocycles. The lowest BCUT2D eigenvalue weighted by Crippen LogP contribution is -2.27. The number of hydrogen-bond donors (Lipinski definition) is 2. The molecule has 0 spiro atoms. The quantitative estimate of drug-likeness (QED) is 0.772. The molecular formula is C13H15N3O2. The number of rotatable bonds is 5. The SMILES string of the molecule is N#CCCN(c1cc(C(=O)O)ccc1N)C1CC1. The predicted octanol–water partition coefficient (Wildman–Crippen LogP) is 1.85. The van der Waals surface area contributed by atoms with E-state index in [1.165, 1.54) is 6.07 Å². The van der Waals surface area contributed by atoms with Crippen molar-refractivity contribution in [1.29, 1.82) is 5.26 Å². The number of nitrogens with zero attached hydrogens (tertiary/aromatic N) is 2. The van der Waals surface area contributed by atoms with E-state index in [0.717, 1.165) is 18.5 Å². The van der Waals surface area contributed by atoms with Crippen molar-refractivity contribution < 1.29 is 9.90 Å². The molecular weight excluding hydrogens is 230 g/mol. The molecule has 0 amide bonds. The molecule has 0 aromatic heterocycles. The molecule has 0 heterocycles. The smallest absolute Gasteiger partial charge is 0.335 e. The highest BCUT2D eigenvalue weighted by Crippen LogP contribution is 2.35. The van der Waals surface area contributed by atoms with E-state index < -0.39 is 5.97 Å². The Morgan fingerprint density at radius 1 is 1.56 bits per heavy atom. The molecule has 0 aliphatic heterocycles. The summed E-state index contributed by atoms with van der Waals surface area (Å²) in [7, 11) is 0. The van der Waals surface area contributed by atoms with E-state index in [0.29, 0.717) is 24.7 Å². The fourth-order valence-electron chi connectivity index (χ4n) is 1.98. The standard InChI is InChI=1S/C13H15N3O2/c14-6-1-7-16(10-3-4-10)12-8-9(13(17)18)2-5-11(12)15/h2,5,8,10H,1,3-4,7,15H2,(H,17,18). The first-order valence-electron chi connectivity index (χ1n) is 5.90. The zero-order valence-corrected chi connectivity index (χ0v) is 9.97. The Kier molecular flexibility index (Phi) is 3.38. The summed E-state index contributed by atoms with van der Waals surface area (Å²) < 4.78 is 0. The Morgan fingerprint density at radius 2 is 2.28 bits per heavy atom. The molecule has 1 aromatic carbocycles. The molecule has 5 heteroatoms. The van der Waals surface area contributed by atoms with Crippen molar-refractivity contribution in [2.45, 2.75) is 25.3 Å². The van der Waals surface area contributed by atoms with E-state index in [1.807, 2.05) is 4.90 Å². The van der Waals surface area contributed by atoms with Gasteiger partial charge in [0.15, 0.2) is 0 Å². The molecule has 0 radical (unpaired) electrons. The molecule has 2 rings (SSSR count). The lowest BCUT2D eigenvalue weighted by molar-refractivity contribution is 0.0697. The zero-order chi connectivity index (χ0) is 13.1. The van der Waals surface area contributed by atoms with Gasteiger partial charge in [-0.05, 0) is 31.0 Å². The molecule has 5 nitrogen and oxygen atoms in total. The second kappa shape index (κ2) is 4.96. The van der Waals surface area contributed by atoms with Gasteiger partial charge >= 0.3 is 5.97 Å². The Morgan fingerprint density at radius 3 is 2.83 bits per heavy atom. The van der Waals surface area contributed by atoms with Crippen LogP contribution < -0.4 is 10.6 Å². The van der Waals surface area contributed by atoms with Gasteiger partial charge in [-0.2, -0.15) is 5.26 Å². The van der Waals surface area contributed by atoms with Gasteiger partial charge in [0.05, 0.1) is 29.4 Å². The molecule has 18 heavy (non-hydrogen) atoms. The largest absolute Gasteiger partial charge is 0.478 e. The fraction of sp³-hybridized carbons (Fsp3) is 0.385. The van der Waals surface area contributed by atoms with E-state index in [4.69, 9.17) is 16.1 Å². The molecule has 0 atom stereocenters. The molecule has 3 N–H and O–H groups in total. The minimum Gasteiger partial charge on any atom is -0.478 e. The van der Waals surface area contributed by atoms with Crippen molar-refractivity contribution >= 4 is 17.3 Å². The maximum atomic E-state index is 11.0. The van der Waals surface area contributed by atoms with E-state index in [-0.39, 0.29) is 5.56 Å². The summed E-state index contributed by atoms with van der Waals surface area (Å²) in [4.78, 5) is 13.0. The molecule has 0 unspecified atom stereocenters. The number of nitriles is 1. The number of nitrogens with two attached hydrogens (primary N) is 1. The van der Waals surface area contributed by atoms with Gasteiger partial charge in [-0.1, -0.05) is 0 Å². The van der Waals surface area contributed by atoms with Crippen molar-refractivity contribution in [3.8, 4) is 6.07 Å². The third-order valence-electron chi connectivity index (χ3n) is 3.04. The number of nitrogen functional groups attached to an aromatic ring is 1. The highest BCUT2D eigenvalue weighted by Gasteiger charge is 2.30. The second-order valence-corrected chi connectivity index (χ2v) is 4.41. The Labute approximate surface area is 105 Å². The number of hydrogen-bond acceptors (Lipinski definition) is 4. The summed E-state index contributed by atoms with van der Waals surface area (Å²) in [6, 6.07) is 7.20. The summed E-state index contributed by atoms with van der Waals surface area (Å²) in [5, 5.41) is 17.7. The van der Waals surface area contributed by atoms with Crippen LogP contribution in [0.1, 0.15) is 29.6 Å². The minimum absolute atomic E-state index is 0.224. The third-order valence-corrected chi connectivity index (χ3v) is 3.04. The molecule has 1 aromatic rings. The summed E-state index contributed by atoms with van der Waals surface area (Å²) in [6.45, 7) is 0.592. The van der Waals surface area contributed by atoms with Gasteiger partial charge in [0, 0.05) is 12.6 Å². The Bertz CT molecular complexity index is 503. The highest BCUT2D eigenvalue weighted by atomic mass is 16.4. The number of benzene rings is 1. The van der Waals surface area contributed by atoms with Crippen LogP contribution in [-0.4, -0.2) is 23.7 Å². The van der Waals surface area contributed by atoms with E-state index in [2.05, 4.69) is 6.07 Å². The molecule has 1 aliphatic rings. The summed E-state index contributed by atoms with van der Waals surface area (Å²) >= 11 is 0. The molecule has 1 aliphatic carbocycles. The van der Waals surface area contributed by atoms with Gasteiger partial charge in [-0.25, -0.2) is 4.79 Å². The van der Waals surface area contributed by atoms with Gasteiger partial charge in [0.2, 0.25) is 0 Å². The average molecular weight is 245 g/mol. The van der Waals surface area contributed by atoms with Crippen LogP contribution in [0.5, 0.6) is 0 Å². The van der Waals surface area contributed by atoms with Gasteiger partial charge < -0.3 is 15.7 Å². The van der Waals surface area contributed by atoms with Crippen LogP contribution in [0.4, 0.5) is 11.4 Å².